The van der Waals surface area contributed by atoms with Gasteiger partial charge >= 0.3 is 0 Å². The highest BCUT2D eigenvalue weighted by Gasteiger charge is 2.17. The van der Waals surface area contributed by atoms with Crippen molar-refractivity contribution in [3.8, 4) is 0 Å². The molecule has 0 unspecified atom stereocenters. The van der Waals surface area contributed by atoms with E-state index in [2.05, 4.69) is 32.4 Å². The highest BCUT2D eigenvalue weighted by atomic mass is 16.3. The second-order valence-electron chi connectivity index (χ2n) is 6.30. The van der Waals surface area contributed by atoms with Crippen molar-refractivity contribution in [1.82, 2.24) is 14.6 Å². The Hall–Kier alpha value is -3.00. The summed E-state index contributed by atoms with van der Waals surface area (Å²) in [7, 11) is 0. The third kappa shape index (κ3) is 3.03. The first-order chi connectivity index (χ1) is 12.1. The maximum atomic E-state index is 9.66. The van der Waals surface area contributed by atoms with Crippen LogP contribution in [-0.2, 0) is 0 Å². The summed E-state index contributed by atoms with van der Waals surface area (Å²) in [5, 5.41) is 17.4. The number of anilines is 5. The average molecular weight is 339 g/mol. The lowest BCUT2D eigenvalue weighted by molar-refractivity contribution is 0.145. The number of rotatable bonds is 3. The molecular formula is C17H21N7O. The number of fused-ring (bicyclic) bond motifs is 1. The van der Waals surface area contributed by atoms with Crippen molar-refractivity contribution in [2.24, 2.45) is 0 Å². The van der Waals surface area contributed by atoms with E-state index < -0.39 is 0 Å². The summed E-state index contributed by atoms with van der Waals surface area (Å²) in [6.07, 6.45) is 2.95. The predicted octanol–water partition coefficient (Wildman–Crippen LogP) is 1.60. The molecule has 0 amide bonds. The number of piperidine rings is 1. The van der Waals surface area contributed by atoms with Gasteiger partial charge < -0.3 is 26.8 Å². The molecule has 1 aliphatic rings. The standard InChI is InChI=1S/C17H21N7O/c18-14-9-16(22-24-15(19)10-20-17(14)24)21-11-2-1-3-12(8-11)23-6-4-13(25)5-7-23/h1-3,8-10,13,25H,4-7,18-19H2,(H,21,22). The minimum atomic E-state index is -0.183. The van der Waals surface area contributed by atoms with Crippen LogP contribution in [0.3, 0.4) is 0 Å². The molecule has 1 aliphatic heterocycles. The fourth-order valence-electron chi connectivity index (χ4n) is 3.12. The van der Waals surface area contributed by atoms with E-state index in [0.717, 1.165) is 37.3 Å². The van der Waals surface area contributed by atoms with Crippen LogP contribution >= 0.6 is 0 Å². The molecule has 0 aliphatic carbocycles. The zero-order valence-corrected chi connectivity index (χ0v) is 13.8. The lowest BCUT2D eigenvalue weighted by atomic mass is 10.1. The number of aromatic nitrogens is 3. The smallest absolute Gasteiger partial charge is 0.179 e. The van der Waals surface area contributed by atoms with Crippen molar-refractivity contribution in [2.75, 3.05) is 34.8 Å². The van der Waals surface area contributed by atoms with Crippen molar-refractivity contribution in [3.63, 3.8) is 0 Å². The summed E-state index contributed by atoms with van der Waals surface area (Å²) < 4.78 is 1.52. The molecule has 8 heteroatoms. The molecule has 0 atom stereocenters. The van der Waals surface area contributed by atoms with Crippen LogP contribution in [0, 0.1) is 0 Å². The molecule has 130 valence electrons. The van der Waals surface area contributed by atoms with Gasteiger partial charge in [-0.25, -0.2) is 4.98 Å². The molecule has 4 rings (SSSR count). The fraction of sp³-hybridized carbons (Fsp3) is 0.294. The van der Waals surface area contributed by atoms with E-state index in [1.807, 2.05) is 12.1 Å². The largest absolute Gasteiger partial charge is 0.396 e. The number of benzene rings is 1. The van der Waals surface area contributed by atoms with Gasteiger partial charge in [0.15, 0.2) is 11.5 Å². The summed E-state index contributed by atoms with van der Waals surface area (Å²) >= 11 is 0. The number of aliphatic hydroxyl groups is 1. The van der Waals surface area contributed by atoms with Gasteiger partial charge in [-0.1, -0.05) is 6.07 Å². The van der Waals surface area contributed by atoms with Gasteiger partial charge in [0.2, 0.25) is 0 Å². The zero-order chi connectivity index (χ0) is 17.4. The summed E-state index contributed by atoms with van der Waals surface area (Å²) in [5.74, 6) is 1.03. The monoisotopic (exact) mass is 339 g/mol. The minimum Gasteiger partial charge on any atom is -0.396 e. The van der Waals surface area contributed by atoms with Crippen LogP contribution in [0.2, 0.25) is 0 Å². The molecule has 3 heterocycles. The molecule has 6 N–H and O–H groups in total. The van der Waals surface area contributed by atoms with Gasteiger partial charge in [0.05, 0.1) is 18.0 Å². The van der Waals surface area contributed by atoms with Gasteiger partial charge in [0.1, 0.15) is 5.82 Å². The van der Waals surface area contributed by atoms with Gasteiger partial charge in [-0.3, -0.25) is 0 Å². The zero-order valence-electron chi connectivity index (χ0n) is 13.8. The summed E-state index contributed by atoms with van der Waals surface area (Å²) in [5.41, 5.74) is 15.0. The Bertz CT molecular complexity index is 899. The highest BCUT2D eigenvalue weighted by molar-refractivity contribution is 5.72. The van der Waals surface area contributed by atoms with Crippen LogP contribution in [0.5, 0.6) is 0 Å². The van der Waals surface area contributed by atoms with Crippen LogP contribution in [-0.4, -0.2) is 38.9 Å². The summed E-state index contributed by atoms with van der Waals surface area (Å²) in [4.78, 5) is 6.42. The molecule has 1 aromatic carbocycles. The number of hydrogen-bond acceptors (Lipinski definition) is 7. The van der Waals surface area contributed by atoms with Gasteiger partial charge in [-0.2, -0.15) is 4.52 Å². The number of nitrogens with one attached hydrogen (secondary N) is 1. The Morgan fingerprint density at radius 3 is 2.76 bits per heavy atom. The summed E-state index contributed by atoms with van der Waals surface area (Å²) in [6, 6.07) is 9.85. The Labute approximate surface area is 145 Å². The molecule has 8 nitrogen and oxygen atoms in total. The Kier molecular flexibility index (Phi) is 3.81. The number of aliphatic hydroxyl groups excluding tert-OH is 1. The van der Waals surface area contributed by atoms with E-state index in [1.165, 1.54) is 10.7 Å². The van der Waals surface area contributed by atoms with Crippen LogP contribution in [0.25, 0.3) is 5.65 Å². The van der Waals surface area contributed by atoms with Crippen LogP contribution in [0.15, 0.2) is 36.5 Å². The van der Waals surface area contributed by atoms with Crippen molar-refractivity contribution < 1.29 is 5.11 Å². The third-order valence-electron chi connectivity index (χ3n) is 4.47. The molecule has 0 radical (unpaired) electrons. The topological polar surface area (TPSA) is 118 Å². The normalized spacial score (nSPS) is 15.6. The summed E-state index contributed by atoms with van der Waals surface area (Å²) in [6.45, 7) is 1.71. The van der Waals surface area contributed by atoms with E-state index in [9.17, 15) is 5.11 Å². The fourth-order valence-corrected chi connectivity index (χ4v) is 3.12. The van der Waals surface area contributed by atoms with Crippen molar-refractivity contribution >= 4 is 34.3 Å². The third-order valence-corrected chi connectivity index (χ3v) is 4.47. The predicted molar refractivity (Wildman–Crippen MR) is 99.0 cm³/mol. The molecule has 2 aromatic heterocycles. The van der Waals surface area contributed by atoms with E-state index in [4.69, 9.17) is 11.5 Å². The number of imidazole rings is 1. The molecule has 3 aromatic rings. The maximum Gasteiger partial charge on any atom is 0.179 e. The van der Waals surface area contributed by atoms with E-state index in [0.29, 0.717) is 23.0 Å². The van der Waals surface area contributed by atoms with Gasteiger partial charge in [-0.05, 0) is 31.0 Å². The van der Waals surface area contributed by atoms with E-state index in [1.54, 1.807) is 6.07 Å². The van der Waals surface area contributed by atoms with Crippen molar-refractivity contribution in [3.05, 3.63) is 36.5 Å². The Morgan fingerprint density at radius 1 is 1.16 bits per heavy atom. The number of nitrogens with two attached hydrogens (primary N) is 2. The van der Waals surface area contributed by atoms with Crippen molar-refractivity contribution in [1.29, 1.82) is 0 Å². The van der Waals surface area contributed by atoms with E-state index >= 15 is 0 Å². The molecule has 1 saturated heterocycles. The molecule has 0 saturated carbocycles. The molecular weight excluding hydrogens is 318 g/mol. The first-order valence-corrected chi connectivity index (χ1v) is 8.30. The second kappa shape index (κ2) is 6.14. The molecule has 25 heavy (non-hydrogen) atoms. The van der Waals surface area contributed by atoms with Gasteiger partial charge in [0, 0.05) is 30.5 Å². The SMILES string of the molecule is Nc1cc(Nc2cccc(N3CCC(O)CC3)c2)nn2c(N)cnc12. The second-order valence-corrected chi connectivity index (χ2v) is 6.30. The minimum absolute atomic E-state index is 0.183. The average Bonchev–Trinajstić information content (AvgIpc) is 2.98. The highest BCUT2D eigenvalue weighted by Crippen LogP contribution is 2.26. The van der Waals surface area contributed by atoms with Gasteiger partial charge in [-0.15, -0.1) is 5.10 Å². The van der Waals surface area contributed by atoms with Crippen LogP contribution in [0.1, 0.15) is 12.8 Å². The number of nitrogens with zero attached hydrogens (tertiary/aromatic N) is 4. The first-order valence-electron chi connectivity index (χ1n) is 8.30. The van der Waals surface area contributed by atoms with Gasteiger partial charge in [0.25, 0.3) is 0 Å². The first kappa shape index (κ1) is 15.5. The quantitative estimate of drug-likeness (QED) is 0.572. The van der Waals surface area contributed by atoms with Crippen LogP contribution < -0.4 is 21.7 Å². The lowest BCUT2D eigenvalue weighted by Crippen LogP contribution is -2.35. The molecule has 0 bridgehead atoms. The van der Waals surface area contributed by atoms with E-state index in [-0.39, 0.29) is 6.10 Å². The molecule has 0 spiro atoms. The maximum absolute atomic E-state index is 9.66. The van der Waals surface area contributed by atoms with Crippen molar-refractivity contribution in [2.45, 2.75) is 18.9 Å². The number of nitrogen functional groups attached to an aromatic ring is 2. The Morgan fingerprint density at radius 2 is 1.96 bits per heavy atom. The number of hydrogen-bond donors (Lipinski definition) is 4. The Balaban J connectivity index is 1.59. The lowest BCUT2D eigenvalue weighted by Gasteiger charge is -2.31. The van der Waals surface area contributed by atoms with Crippen LogP contribution in [0.4, 0.5) is 28.7 Å². The molecule has 1 fully saturated rings.